The average Bonchev–Trinajstić information content (AvgIpc) is 2.71. The van der Waals surface area contributed by atoms with Crippen LogP contribution in [0, 0.1) is 0 Å². The molecule has 148 valence electrons. The molecule has 8 nitrogen and oxygen atoms in total. The van der Waals surface area contributed by atoms with Crippen LogP contribution in [-0.2, 0) is 14.3 Å². The van der Waals surface area contributed by atoms with Gasteiger partial charge in [-0.25, -0.2) is 4.79 Å². The smallest absolute Gasteiger partial charge is 0.337 e. The highest BCUT2D eigenvalue weighted by molar-refractivity contribution is 6.04. The lowest BCUT2D eigenvalue weighted by atomic mass is 10.2. The number of carbonyl (C=O) groups excluding carboxylic acids is 3. The SMILES string of the molecule is COC(=O)c1cccc(NC(=O)CC(=O)NCCOc2ccc(OC)cc2)c1. The lowest BCUT2D eigenvalue weighted by Crippen LogP contribution is -2.31. The van der Waals surface area contributed by atoms with Crippen molar-refractivity contribution in [1.29, 1.82) is 0 Å². The molecule has 0 aliphatic carbocycles. The maximum atomic E-state index is 12.0. The van der Waals surface area contributed by atoms with Crippen molar-refractivity contribution < 1.29 is 28.6 Å². The summed E-state index contributed by atoms with van der Waals surface area (Å²) in [6.07, 6.45) is -0.342. The number of nitrogens with one attached hydrogen (secondary N) is 2. The molecule has 0 bridgehead atoms. The average molecular weight is 386 g/mol. The molecule has 0 aliphatic heterocycles. The van der Waals surface area contributed by atoms with E-state index in [4.69, 9.17) is 9.47 Å². The van der Waals surface area contributed by atoms with Crippen molar-refractivity contribution in [3.8, 4) is 11.5 Å². The van der Waals surface area contributed by atoms with E-state index in [2.05, 4.69) is 15.4 Å². The molecular weight excluding hydrogens is 364 g/mol. The van der Waals surface area contributed by atoms with E-state index >= 15 is 0 Å². The maximum absolute atomic E-state index is 12.0. The molecule has 0 spiro atoms. The lowest BCUT2D eigenvalue weighted by molar-refractivity contribution is -0.126. The first-order chi connectivity index (χ1) is 13.5. The number of anilines is 1. The second-order valence-corrected chi connectivity index (χ2v) is 5.67. The van der Waals surface area contributed by atoms with E-state index < -0.39 is 17.8 Å². The van der Waals surface area contributed by atoms with Crippen molar-refractivity contribution in [3.63, 3.8) is 0 Å². The van der Waals surface area contributed by atoms with Gasteiger partial charge >= 0.3 is 5.97 Å². The number of rotatable bonds is 9. The van der Waals surface area contributed by atoms with Gasteiger partial charge in [-0.15, -0.1) is 0 Å². The van der Waals surface area contributed by atoms with Gasteiger partial charge in [0.15, 0.2) is 0 Å². The summed E-state index contributed by atoms with van der Waals surface area (Å²) in [4.78, 5) is 35.3. The molecule has 8 heteroatoms. The monoisotopic (exact) mass is 386 g/mol. The van der Waals surface area contributed by atoms with Crippen molar-refractivity contribution in [2.24, 2.45) is 0 Å². The summed E-state index contributed by atoms with van der Waals surface area (Å²) < 4.78 is 15.2. The van der Waals surface area contributed by atoms with Gasteiger partial charge < -0.3 is 24.8 Å². The standard InChI is InChI=1S/C20H22N2O6/c1-26-16-6-8-17(9-7-16)28-11-10-21-18(23)13-19(24)22-15-5-3-4-14(12-15)20(25)27-2/h3-9,12H,10-11,13H2,1-2H3,(H,21,23)(H,22,24). The van der Waals surface area contributed by atoms with Crippen molar-refractivity contribution in [3.05, 3.63) is 54.1 Å². The molecule has 2 aromatic carbocycles. The Kier molecular flexibility index (Phi) is 7.83. The van der Waals surface area contributed by atoms with E-state index in [9.17, 15) is 14.4 Å². The molecule has 0 atom stereocenters. The quantitative estimate of drug-likeness (QED) is 0.388. The Balaban J connectivity index is 1.70. The van der Waals surface area contributed by atoms with Crippen LogP contribution in [0.15, 0.2) is 48.5 Å². The molecule has 2 rings (SSSR count). The van der Waals surface area contributed by atoms with Crippen molar-refractivity contribution >= 4 is 23.5 Å². The van der Waals surface area contributed by atoms with E-state index in [1.54, 1.807) is 49.6 Å². The Labute approximate surface area is 162 Å². The van der Waals surface area contributed by atoms with Crippen LogP contribution in [0.4, 0.5) is 5.69 Å². The molecule has 0 saturated carbocycles. The van der Waals surface area contributed by atoms with Gasteiger partial charge in [-0.2, -0.15) is 0 Å². The number of amides is 2. The minimum atomic E-state index is -0.509. The van der Waals surface area contributed by atoms with Crippen LogP contribution in [0.2, 0.25) is 0 Å². The zero-order chi connectivity index (χ0) is 20.4. The number of esters is 1. The fourth-order valence-electron chi connectivity index (χ4n) is 2.29. The zero-order valence-electron chi connectivity index (χ0n) is 15.7. The largest absolute Gasteiger partial charge is 0.497 e. The summed E-state index contributed by atoms with van der Waals surface area (Å²) in [6, 6.07) is 13.3. The van der Waals surface area contributed by atoms with E-state index in [0.717, 1.165) is 5.75 Å². The van der Waals surface area contributed by atoms with Gasteiger partial charge in [0.05, 0.1) is 26.3 Å². The highest BCUT2D eigenvalue weighted by Crippen LogP contribution is 2.16. The van der Waals surface area contributed by atoms with E-state index in [-0.39, 0.29) is 19.6 Å². The third kappa shape index (κ3) is 6.64. The zero-order valence-corrected chi connectivity index (χ0v) is 15.7. The van der Waals surface area contributed by atoms with Crippen molar-refractivity contribution in [1.82, 2.24) is 5.32 Å². The van der Waals surface area contributed by atoms with Gasteiger partial charge in [0.25, 0.3) is 0 Å². The summed E-state index contributed by atoms with van der Waals surface area (Å²) in [5.41, 5.74) is 0.712. The van der Waals surface area contributed by atoms with Gasteiger partial charge in [-0.05, 0) is 42.5 Å². The molecule has 0 fully saturated rings. The van der Waals surface area contributed by atoms with E-state index in [1.807, 2.05) is 0 Å². The van der Waals surface area contributed by atoms with Gasteiger partial charge in [0.1, 0.15) is 24.5 Å². The fraction of sp³-hybridized carbons (Fsp3) is 0.250. The minimum Gasteiger partial charge on any atom is -0.497 e. The molecule has 0 aromatic heterocycles. The van der Waals surface area contributed by atoms with E-state index in [1.165, 1.54) is 13.2 Å². The van der Waals surface area contributed by atoms with Crippen LogP contribution in [-0.4, -0.2) is 45.2 Å². The van der Waals surface area contributed by atoms with Crippen LogP contribution in [0.1, 0.15) is 16.8 Å². The minimum absolute atomic E-state index is 0.260. The fourth-order valence-corrected chi connectivity index (χ4v) is 2.29. The Morgan fingerprint density at radius 1 is 0.929 bits per heavy atom. The third-order valence-electron chi connectivity index (χ3n) is 3.64. The molecule has 2 aromatic rings. The van der Waals surface area contributed by atoms with Crippen molar-refractivity contribution in [2.75, 3.05) is 32.7 Å². The third-order valence-corrected chi connectivity index (χ3v) is 3.64. The second kappa shape index (κ2) is 10.6. The van der Waals surface area contributed by atoms with Gasteiger partial charge in [0, 0.05) is 5.69 Å². The first-order valence-corrected chi connectivity index (χ1v) is 8.53. The molecule has 0 heterocycles. The highest BCUT2D eigenvalue weighted by Gasteiger charge is 2.11. The second-order valence-electron chi connectivity index (χ2n) is 5.67. The first kappa shape index (κ1) is 20.8. The normalized spacial score (nSPS) is 9.93. The van der Waals surface area contributed by atoms with Gasteiger partial charge in [-0.3, -0.25) is 9.59 Å². The molecule has 2 N–H and O–H groups in total. The number of carbonyl (C=O) groups is 3. The molecule has 0 saturated heterocycles. The predicted molar refractivity (Wildman–Crippen MR) is 103 cm³/mol. The molecule has 0 unspecified atom stereocenters. The summed E-state index contributed by atoms with van der Waals surface area (Å²) in [7, 11) is 2.85. The summed E-state index contributed by atoms with van der Waals surface area (Å²) in [5, 5.41) is 5.18. The van der Waals surface area contributed by atoms with Gasteiger partial charge in [0.2, 0.25) is 11.8 Å². The molecule has 2 amide bonds. The number of ether oxygens (including phenoxy) is 3. The molecule has 0 aliphatic rings. The van der Waals surface area contributed by atoms with E-state index in [0.29, 0.717) is 17.0 Å². The Hall–Kier alpha value is -3.55. The maximum Gasteiger partial charge on any atom is 0.337 e. The molecule has 0 radical (unpaired) electrons. The molecular formula is C20H22N2O6. The van der Waals surface area contributed by atoms with Crippen LogP contribution in [0.3, 0.4) is 0 Å². The van der Waals surface area contributed by atoms with Crippen LogP contribution < -0.4 is 20.1 Å². The Morgan fingerprint density at radius 3 is 2.32 bits per heavy atom. The van der Waals surface area contributed by atoms with Crippen LogP contribution in [0.25, 0.3) is 0 Å². The topological polar surface area (TPSA) is 103 Å². The van der Waals surface area contributed by atoms with Crippen molar-refractivity contribution in [2.45, 2.75) is 6.42 Å². The highest BCUT2D eigenvalue weighted by atomic mass is 16.5. The number of hydrogen-bond donors (Lipinski definition) is 2. The lowest BCUT2D eigenvalue weighted by Gasteiger charge is -2.09. The van der Waals surface area contributed by atoms with Gasteiger partial charge in [-0.1, -0.05) is 6.07 Å². The predicted octanol–water partition coefficient (Wildman–Crippen LogP) is 2.01. The summed E-state index contributed by atoms with van der Waals surface area (Å²) >= 11 is 0. The number of methoxy groups -OCH3 is 2. The Bertz CT molecular complexity index is 820. The number of hydrogen-bond acceptors (Lipinski definition) is 6. The Morgan fingerprint density at radius 2 is 1.64 bits per heavy atom. The molecule has 28 heavy (non-hydrogen) atoms. The van der Waals surface area contributed by atoms with Crippen LogP contribution >= 0.6 is 0 Å². The number of benzene rings is 2. The summed E-state index contributed by atoms with van der Waals surface area (Å²) in [5.74, 6) is -0.0525. The first-order valence-electron chi connectivity index (χ1n) is 8.53. The van der Waals surface area contributed by atoms with Crippen LogP contribution in [0.5, 0.6) is 11.5 Å². The summed E-state index contributed by atoms with van der Waals surface area (Å²) in [6.45, 7) is 0.525.